The van der Waals surface area contributed by atoms with Gasteiger partial charge in [-0.2, -0.15) is 30.6 Å². The molecule has 1 aliphatic rings. The molecule has 1 saturated heterocycles. The van der Waals surface area contributed by atoms with E-state index in [9.17, 15) is 39.9 Å². The Kier molecular flexibility index (Phi) is 7.52. The van der Waals surface area contributed by atoms with Crippen molar-refractivity contribution in [2.75, 3.05) is 24.5 Å². The molecule has 0 aliphatic carbocycles. The van der Waals surface area contributed by atoms with Crippen LogP contribution >= 0.6 is 0 Å². The van der Waals surface area contributed by atoms with E-state index in [4.69, 9.17) is 10.8 Å². The summed E-state index contributed by atoms with van der Waals surface area (Å²) in [5, 5.41) is 22.4. The molecule has 2 rings (SSSR count). The Morgan fingerprint density at radius 1 is 1.06 bits per heavy atom. The molecule has 0 saturated carbocycles. The Morgan fingerprint density at radius 2 is 1.58 bits per heavy atom. The second-order valence-electron chi connectivity index (χ2n) is 7.06. The van der Waals surface area contributed by atoms with Crippen LogP contribution in [0.2, 0.25) is 0 Å². The van der Waals surface area contributed by atoms with Crippen molar-refractivity contribution in [1.82, 2.24) is 4.31 Å². The predicted molar refractivity (Wildman–Crippen MR) is 109 cm³/mol. The number of alkyl halides is 6. The smallest absolute Gasteiger partial charge is 0.369 e. The Bertz CT molecular complexity index is 1020. The molecule has 33 heavy (non-hydrogen) atoms. The van der Waals surface area contributed by atoms with E-state index in [1.54, 1.807) is 0 Å². The summed E-state index contributed by atoms with van der Waals surface area (Å²) in [5.74, 6) is 5.35. The molecule has 0 spiro atoms. The Morgan fingerprint density at radius 3 is 2.00 bits per heavy atom. The fourth-order valence-corrected chi connectivity index (χ4v) is 4.74. The van der Waals surface area contributed by atoms with Crippen LogP contribution in [0.25, 0.3) is 0 Å². The maximum atomic E-state index is 13.1. The number of benzene rings is 1. The van der Waals surface area contributed by atoms with Crippen LogP contribution in [0, 0.1) is 22.7 Å². The van der Waals surface area contributed by atoms with E-state index in [0.29, 0.717) is 24.6 Å². The summed E-state index contributed by atoms with van der Waals surface area (Å²) in [7, 11) is -4.07. The summed E-state index contributed by atoms with van der Waals surface area (Å²) in [6, 6.07) is 2.14. The second kappa shape index (κ2) is 9.32. The normalized spacial score (nSPS) is 19.4. The van der Waals surface area contributed by atoms with E-state index in [2.05, 4.69) is 11.8 Å². The lowest BCUT2D eigenvalue weighted by molar-refractivity contribution is -0.376. The molecular weight excluding hydrogens is 478 g/mol. The minimum atomic E-state index is -6.01. The number of aliphatic hydroxyl groups is 1. The average Bonchev–Trinajstić information content (AvgIpc) is 2.72. The van der Waals surface area contributed by atoms with Gasteiger partial charge in [-0.15, -0.1) is 5.92 Å². The molecule has 3 N–H and O–H groups in total. The quantitative estimate of drug-likeness (QED) is 0.318. The molecule has 1 aromatic rings. The van der Waals surface area contributed by atoms with E-state index in [1.807, 2.05) is 0 Å². The molecule has 1 atom stereocenters. The molecule has 1 fully saturated rings. The predicted octanol–water partition coefficient (Wildman–Crippen LogP) is 2.51. The first-order valence-corrected chi connectivity index (χ1v) is 10.8. The van der Waals surface area contributed by atoms with Crippen molar-refractivity contribution in [3.8, 4) is 11.8 Å². The highest BCUT2D eigenvalue weighted by molar-refractivity contribution is 7.91. The third kappa shape index (κ3) is 4.85. The maximum Gasteiger partial charge on any atom is 0.430 e. The first-order chi connectivity index (χ1) is 15.1. The topological polar surface area (TPSA) is 109 Å². The summed E-state index contributed by atoms with van der Waals surface area (Å²) in [6.45, 7) is 1.15. The van der Waals surface area contributed by atoms with Gasteiger partial charge in [-0.1, -0.05) is 18.1 Å². The summed E-state index contributed by atoms with van der Waals surface area (Å²) in [5.41, 5.74) is -6.29. The first kappa shape index (κ1) is 26.6. The molecule has 1 aromatic carbocycles. The van der Waals surface area contributed by atoms with E-state index >= 15 is 0 Å². The van der Waals surface area contributed by atoms with Crippen LogP contribution in [-0.2, 0) is 15.6 Å². The number of nitrogens with zero attached hydrogens (tertiary/aromatic N) is 2. The van der Waals surface area contributed by atoms with Crippen LogP contribution in [0.3, 0.4) is 0 Å². The maximum absolute atomic E-state index is 13.1. The van der Waals surface area contributed by atoms with Crippen molar-refractivity contribution in [3.05, 3.63) is 29.8 Å². The lowest BCUT2D eigenvalue weighted by Gasteiger charge is -2.40. The fraction of sp³-hybridized carbons (Fsp3) is 0.474. The van der Waals surface area contributed by atoms with Crippen molar-refractivity contribution in [2.45, 2.75) is 36.2 Å². The van der Waals surface area contributed by atoms with Crippen molar-refractivity contribution in [2.24, 2.45) is 0 Å². The third-order valence-electron chi connectivity index (χ3n) is 5.12. The largest absolute Gasteiger partial charge is 0.430 e. The molecule has 0 radical (unpaired) electrons. The van der Waals surface area contributed by atoms with Gasteiger partial charge < -0.3 is 20.8 Å². The van der Waals surface area contributed by atoms with Crippen molar-refractivity contribution < 1.29 is 39.9 Å². The zero-order valence-electron chi connectivity index (χ0n) is 17.1. The van der Waals surface area contributed by atoms with Gasteiger partial charge in [-0.25, -0.2) is 8.42 Å². The molecule has 182 valence electrons. The minimum Gasteiger partial charge on any atom is -0.369 e. The van der Waals surface area contributed by atoms with Gasteiger partial charge in [0.05, 0.1) is 0 Å². The number of halogens is 6. The van der Waals surface area contributed by atoms with Crippen molar-refractivity contribution in [1.29, 1.82) is 10.8 Å². The van der Waals surface area contributed by atoms with E-state index in [1.165, 1.54) is 11.8 Å². The zero-order chi connectivity index (χ0) is 25.2. The molecule has 14 heteroatoms. The Labute approximate surface area is 186 Å². The Balaban J connectivity index is 2.39. The van der Waals surface area contributed by atoms with Gasteiger partial charge in [0.15, 0.2) is 0 Å². The van der Waals surface area contributed by atoms with Crippen molar-refractivity contribution >= 4 is 28.1 Å². The van der Waals surface area contributed by atoms with Gasteiger partial charge in [0.25, 0.3) is 5.60 Å². The zero-order valence-corrected chi connectivity index (χ0v) is 17.9. The van der Waals surface area contributed by atoms with E-state index < -0.39 is 44.8 Å². The molecule has 1 aliphatic heterocycles. The summed E-state index contributed by atoms with van der Waals surface area (Å²) >= 11 is 0. The number of sulfonamides is 1. The minimum absolute atomic E-state index is 0.0105. The highest BCUT2D eigenvalue weighted by Crippen LogP contribution is 2.50. The van der Waals surface area contributed by atoms with Crippen LogP contribution in [0.15, 0.2) is 24.3 Å². The lowest BCUT2D eigenvalue weighted by Crippen LogP contribution is -2.56. The van der Waals surface area contributed by atoms with Crippen LogP contribution < -0.4 is 4.90 Å². The second-order valence-corrected chi connectivity index (χ2v) is 9.15. The number of anilines is 1. The average molecular weight is 498 g/mol. The molecule has 1 heterocycles. The van der Waals surface area contributed by atoms with E-state index in [0.717, 1.165) is 16.4 Å². The van der Waals surface area contributed by atoms with Gasteiger partial charge in [0.2, 0.25) is 10.0 Å². The highest BCUT2D eigenvalue weighted by Gasteiger charge is 2.71. The fourth-order valence-electron chi connectivity index (χ4n) is 3.36. The summed E-state index contributed by atoms with van der Waals surface area (Å²) in [4.78, 5) is 1.51. The standard InChI is InChI=1S/C19H20F6N4O3S/c1-2-3-15-12-28(33(31,32)16(10-26)11-27)8-9-29(15)14-6-4-13(5-7-14)17(30,18(20,21)22)19(23,24)25/h4-7,10-11,15-16,26-27,30H,8-9,12H2,1H3. The summed E-state index contributed by atoms with van der Waals surface area (Å²) < 4.78 is 105. The van der Waals surface area contributed by atoms with Crippen LogP contribution in [-0.4, -0.2) is 73.5 Å². The molecule has 0 bridgehead atoms. The lowest BCUT2D eigenvalue weighted by atomic mass is 9.92. The molecule has 1 unspecified atom stereocenters. The summed E-state index contributed by atoms with van der Waals surface area (Å²) in [6.07, 6.45) is -10.8. The SMILES string of the molecule is CC#CC1CN(S(=O)(=O)C(C=N)C=N)CCN1c1ccc(C(O)(C(F)(F)F)C(F)(F)F)cc1. The number of rotatable bonds is 6. The van der Waals surface area contributed by atoms with Gasteiger partial charge in [-0.05, 0) is 19.1 Å². The number of nitrogens with one attached hydrogen (secondary N) is 2. The number of hydrogen-bond acceptors (Lipinski definition) is 6. The third-order valence-corrected chi connectivity index (χ3v) is 7.14. The van der Waals surface area contributed by atoms with E-state index in [-0.39, 0.29) is 25.3 Å². The van der Waals surface area contributed by atoms with Gasteiger partial charge in [0.1, 0.15) is 11.3 Å². The monoisotopic (exact) mass is 498 g/mol. The number of piperazine rings is 1. The van der Waals surface area contributed by atoms with Crippen LogP contribution in [0.5, 0.6) is 0 Å². The highest BCUT2D eigenvalue weighted by atomic mass is 32.2. The van der Waals surface area contributed by atoms with Crippen LogP contribution in [0.1, 0.15) is 12.5 Å². The first-order valence-electron chi connectivity index (χ1n) is 9.30. The van der Waals surface area contributed by atoms with Gasteiger partial charge in [0, 0.05) is 43.3 Å². The molecule has 7 nitrogen and oxygen atoms in total. The molecular formula is C19H20F6N4O3S. The molecule has 0 aromatic heterocycles. The van der Waals surface area contributed by atoms with Gasteiger partial charge >= 0.3 is 12.4 Å². The van der Waals surface area contributed by atoms with Gasteiger partial charge in [-0.3, -0.25) is 0 Å². The molecule has 0 amide bonds. The number of hydrogen-bond donors (Lipinski definition) is 3. The Hall–Kier alpha value is -2.63. The van der Waals surface area contributed by atoms with Crippen LogP contribution in [0.4, 0.5) is 32.0 Å². The van der Waals surface area contributed by atoms with Crippen molar-refractivity contribution in [3.63, 3.8) is 0 Å².